The number of hydrogen-bond donors (Lipinski definition) is 2. The summed E-state index contributed by atoms with van der Waals surface area (Å²) in [5.74, 6) is 1.66. The number of hydrogen-bond acceptors (Lipinski definition) is 2. The average molecular weight is 247 g/mol. The Balaban J connectivity index is 1.67. The number of carbonyl (C=O) groups is 1. The Bertz CT molecular complexity index is 286. The Hall–Kier alpha value is -0.710. The molecule has 4 unspecified atom stereocenters. The minimum atomic E-state index is -2.79. The highest BCUT2D eigenvalue weighted by Gasteiger charge is 2.40. The van der Waals surface area contributed by atoms with Crippen LogP contribution in [-0.2, 0) is 4.79 Å². The molecule has 0 spiro atoms. The molecule has 0 heterocycles. The smallest absolute Gasteiger partial charge is 0.265 e. The lowest BCUT2D eigenvalue weighted by molar-refractivity contribution is -0.123. The van der Waals surface area contributed by atoms with Gasteiger partial charge in [-0.25, -0.2) is 8.78 Å². The van der Waals surface area contributed by atoms with Crippen LogP contribution >= 0.6 is 0 Å². The molecule has 5 heteroatoms. The molecule has 2 fully saturated rings. The van der Waals surface area contributed by atoms with E-state index in [2.05, 4.69) is 5.32 Å². The number of nitrogens with one attached hydrogen (secondary N) is 1. The van der Waals surface area contributed by atoms with E-state index < -0.39 is 12.5 Å². The van der Waals surface area contributed by atoms with Gasteiger partial charge < -0.3 is 10.4 Å². The summed E-state index contributed by atoms with van der Waals surface area (Å²) in [7, 11) is 0. The first-order chi connectivity index (χ1) is 8.06. The van der Waals surface area contributed by atoms with Gasteiger partial charge in [-0.15, -0.1) is 0 Å². The normalized spacial score (nSPS) is 33.1. The second-order valence-electron chi connectivity index (χ2n) is 5.34. The minimum Gasteiger partial charge on any atom is -0.385 e. The van der Waals surface area contributed by atoms with Crippen molar-refractivity contribution in [3.8, 4) is 0 Å². The zero-order valence-corrected chi connectivity index (χ0v) is 9.74. The van der Waals surface area contributed by atoms with Gasteiger partial charge >= 0.3 is 0 Å². The van der Waals surface area contributed by atoms with Gasteiger partial charge in [-0.05, 0) is 37.0 Å². The Labute approximate surface area is 99.6 Å². The van der Waals surface area contributed by atoms with Crippen molar-refractivity contribution in [1.29, 1.82) is 0 Å². The van der Waals surface area contributed by atoms with Gasteiger partial charge in [0.1, 0.15) is 6.10 Å². The third-order valence-corrected chi connectivity index (χ3v) is 4.13. The molecule has 0 aromatic rings. The van der Waals surface area contributed by atoms with E-state index in [1.807, 2.05) is 0 Å². The molecule has 1 amide bonds. The van der Waals surface area contributed by atoms with Crippen molar-refractivity contribution in [3.05, 3.63) is 0 Å². The number of rotatable bonds is 5. The molecular weight excluding hydrogens is 228 g/mol. The number of alkyl halides is 2. The van der Waals surface area contributed by atoms with Crippen molar-refractivity contribution >= 4 is 5.91 Å². The number of fused-ring (bicyclic) bond motifs is 2. The van der Waals surface area contributed by atoms with Crippen LogP contribution < -0.4 is 5.32 Å². The molecule has 0 aromatic carbocycles. The summed E-state index contributed by atoms with van der Waals surface area (Å²) in [5.41, 5.74) is 0. The van der Waals surface area contributed by atoms with E-state index in [1.165, 1.54) is 19.3 Å². The van der Waals surface area contributed by atoms with Crippen molar-refractivity contribution in [2.45, 2.75) is 44.6 Å². The molecule has 2 saturated carbocycles. The fourth-order valence-corrected chi connectivity index (χ4v) is 3.24. The van der Waals surface area contributed by atoms with E-state index in [1.54, 1.807) is 0 Å². The van der Waals surface area contributed by atoms with Crippen molar-refractivity contribution in [2.75, 3.05) is 6.54 Å². The van der Waals surface area contributed by atoms with Gasteiger partial charge in [0.15, 0.2) is 0 Å². The molecule has 0 aliphatic heterocycles. The topological polar surface area (TPSA) is 49.3 Å². The van der Waals surface area contributed by atoms with Gasteiger partial charge in [-0.2, -0.15) is 0 Å². The van der Waals surface area contributed by atoms with E-state index in [9.17, 15) is 13.6 Å². The number of aliphatic hydroxyl groups is 1. The van der Waals surface area contributed by atoms with Crippen molar-refractivity contribution in [3.63, 3.8) is 0 Å². The Morgan fingerprint density at radius 3 is 2.65 bits per heavy atom. The lowest BCUT2D eigenvalue weighted by Gasteiger charge is -2.21. The summed E-state index contributed by atoms with van der Waals surface area (Å²) in [4.78, 5) is 11.5. The summed E-state index contributed by atoms with van der Waals surface area (Å²) in [6.45, 7) is -0.350. The highest BCUT2D eigenvalue weighted by molar-refractivity contribution is 5.76. The monoisotopic (exact) mass is 247 g/mol. The number of carbonyl (C=O) groups excluding carboxylic acids is 1. The maximum Gasteiger partial charge on any atom is 0.265 e. The Kier molecular flexibility index (Phi) is 3.97. The Morgan fingerprint density at radius 2 is 2.12 bits per heavy atom. The summed E-state index contributed by atoms with van der Waals surface area (Å²) in [6, 6.07) is 0. The number of halogens is 2. The predicted molar refractivity (Wildman–Crippen MR) is 58.6 cm³/mol. The molecule has 2 N–H and O–H groups in total. The lowest BCUT2D eigenvalue weighted by Crippen LogP contribution is -2.36. The lowest BCUT2D eigenvalue weighted by atomic mass is 9.86. The van der Waals surface area contributed by atoms with Crippen LogP contribution in [0.25, 0.3) is 0 Å². The zero-order valence-electron chi connectivity index (χ0n) is 9.74. The first-order valence-corrected chi connectivity index (χ1v) is 6.29. The number of aliphatic hydroxyl groups excluding tert-OH is 1. The summed E-state index contributed by atoms with van der Waals surface area (Å²) >= 11 is 0. The molecule has 4 atom stereocenters. The highest BCUT2D eigenvalue weighted by Crippen LogP contribution is 2.49. The van der Waals surface area contributed by atoms with Gasteiger partial charge in [0.2, 0.25) is 5.91 Å². The van der Waals surface area contributed by atoms with Gasteiger partial charge in [0.25, 0.3) is 6.43 Å². The SMILES string of the molecule is O=C(CC1CC2CCC1C2)NCC(O)C(F)F. The molecule has 3 nitrogen and oxygen atoms in total. The molecule has 17 heavy (non-hydrogen) atoms. The van der Waals surface area contributed by atoms with Crippen LogP contribution in [0.2, 0.25) is 0 Å². The third-order valence-electron chi connectivity index (χ3n) is 4.13. The molecule has 0 radical (unpaired) electrons. The number of amides is 1. The summed E-state index contributed by atoms with van der Waals surface area (Å²) in [5, 5.41) is 11.3. The average Bonchev–Trinajstić information content (AvgIpc) is 2.87. The predicted octanol–water partition coefficient (Wildman–Crippen LogP) is 1.55. The molecule has 2 rings (SSSR count). The maximum absolute atomic E-state index is 12.0. The second kappa shape index (κ2) is 5.29. The van der Waals surface area contributed by atoms with Crippen LogP contribution in [0.5, 0.6) is 0 Å². The van der Waals surface area contributed by atoms with Gasteiger partial charge in [-0.1, -0.05) is 6.42 Å². The van der Waals surface area contributed by atoms with Crippen LogP contribution in [0.15, 0.2) is 0 Å². The maximum atomic E-state index is 12.0. The first kappa shape index (κ1) is 12.7. The van der Waals surface area contributed by atoms with Crippen LogP contribution in [-0.4, -0.2) is 30.1 Å². The van der Waals surface area contributed by atoms with Crippen LogP contribution in [0, 0.1) is 17.8 Å². The summed E-state index contributed by atoms with van der Waals surface area (Å²) < 4.78 is 24.0. The van der Waals surface area contributed by atoms with Crippen LogP contribution in [0.4, 0.5) is 8.78 Å². The molecule has 2 aliphatic carbocycles. The molecule has 0 saturated heterocycles. The van der Waals surface area contributed by atoms with E-state index in [-0.39, 0.29) is 12.5 Å². The molecular formula is C12H19F2NO2. The van der Waals surface area contributed by atoms with Gasteiger partial charge in [-0.3, -0.25) is 4.79 Å². The molecule has 2 aliphatic rings. The third kappa shape index (κ3) is 3.15. The van der Waals surface area contributed by atoms with E-state index in [0.717, 1.165) is 12.3 Å². The molecule has 0 aromatic heterocycles. The van der Waals surface area contributed by atoms with E-state index in [4.69, 9.17) is 5.11 Å². The van der Waals surface area contributed by atoms with Crippen LogP contribution in [0.3, 0.4) is 0 Å². The first-order valence-electron chi connectivity index (χ1n) is 6.29. The standard InChI is InChI=1S/C12H19F2NO2/c13-12(14)10(16)6-15-11(17)5-9-4-7-1-2-8(9)3-7/h7-10,12,16H,1-6H2,(H,15,17). The minimum absolute atomic E-state index is 0.206. The fraction of sp³-hybridized carbons (Fsp3) is 0.917. The second-order valence-corrected chi connectivity index (χ2v) is 5.34. The largest absolute Gasteiger partial charge is 0.385 e. The molecule has 2 bridgehead atoms. The Morgan fingerprint density at radius 1 is 1.35 bits per heavy atom. The zero-order chi connectivity index (χ0) is 12.4. The fourth-order valence-electron chi connectivity index (χ4n) is 3.24. The van der Waals surface area contributed by atoms with Crippen molar-refractivity contribution < 1.29 is 18.7 Å². The van der Waals surface area contributed by atoms with E-state index in [0.29, 0.717) is 18.3 Å². The van der Waals surface area contributed by atoms with Gasteiger partial charge in [0.05, 0.1) is 0 Å². The highest BCUT2D eigenvalue weighted by atomic mass is 19.3. The quantitative estimate of drug-likeness (QED) is 0.774. The van der Waals surface area contributed by atoms with Crippen molar-refractivity contribution in [2.24, 2.45) is 17.8 Å². The summed E-state index contributed by atoms with van der Waals surface area (Å²) in [6.07, 6.45) is 0.719. The molecule has 98 valence electrons. The van der Waals surface area contributed by atoms with Gasteiger partial charge in [0, 0.05) is 13.0 Å². The van der Waals surface area contributed by atoms with Crippen molar-refractivity contribution in [1.82, 2.24) is 5.32 Å². The van der Waals surface area contributed by atoms with Crippen LogP contribution in [0.1, 0.15) is 32.1 Å². The van der Waals surface area contributed by atoms with E-state index >= 15 is 0 Å².